The van der Waals surface area contributed by atoms with Crippen molar-refractivity contribution in [2.75, 3.05) is 33.4 Å². The molecule has 1 unspecified atom stereocenters. The third-order valence-electron chi connectivity index (χ3n) is 4.11. The SMILES string of the molecule is CCNC(=NCCOCC1CC1)NC(C)c1cc(C)ccc1OC. The van der Waals surface area contributed by atoms with Crippen LogP contribution in [0.3, 0.4) is 0 Å². The van der Waals surface area contributed by atoms with Crippen molar-refractivity contribution in [3.8, 4) is 5.75 Å². The van der Waals surface area contributed by atoms with Gasteiger partial charge in [0.1, 0.15) is 5.75 Å². The van der Waals surface area contributed by atoms with Gasteiger partial charge in [-0.05, 0) is 45.6 Å². The van der Waals surface area contributed by atoms with Gasteiger partial charge in [0.2, 0.25) is 0 Å². The molecule has 5 heteroatoms. The number of guanidine groups is 1. The minimum absolute atomic E-state index is 0.102. The standard InChI is InChI=1S/C19H31N3O2/c1-5-20-19(21-10-11-24-13-16-7-8-16)22-15(3)17-12-14(2)6-9-18(17)23-4/h6,9,12,15-16H,5,7-8,10-11,13H2,1-4H3,(H2,20,21,22). The Balaban J connectivity index is 1.91. The maximum absolute atomic E-state index is 5.65. The van der Waals surface area contributed by atoms with Crippen LogP contribution in [0.2, 0.25) is 0 Å². The van der Waals surface area contributed by atoms with E-state index in [1.54, 1.807) is 7.11 Å². The molecular weight excluding hydrogens is 302 g/mol. The van der Waals surface area contributed by atoms with Gasteiger partial charge in [0.15, 0.2) is 5.96 Å². The van der Waals surface area contributed by atoms with Gasteiger partial charge in [-0.1, -0.05) is 17.7 Å². The maximum Gasteiger partial charge on any atom is 0.191 e. The Hall–Kier alpha value is -1.75. The third-order valence-corrected chi connectivity index (χ3v) is 4.11. The Labute approximate surface area is 145 Å². The summed E-state index contributed by atoms with van der Waals surface area (Å²) >= 11 is 0. The molecule has 2 rings (SSSR count). The predicted octanol–water partition coefficient (Wildman–Crippen LogP) is 3.05. The molecule has 0 bridgehead atoms. The van der Waals surface area contributed by atoms with E-state index in [-0.39, 0.29) is 6.04 Å². The lowest BCUT2D eigenvalue weighted by Gasteiger charge is -2.20. The molecule has 1 aliphatic rings. The first-order valence-electron chi connectivity index (χ1n) is 8.91. The minimum atomic E-state index is 0.102. The average molecular weight is 333 g/mol. The molecule has 0 aromatic heterocycles. The quantitative estimate of drug-likeness (QED) is 0.414. The zero-order valence-corrected chi connectivity index (χ0v) is 15.4. The van der Waals surface area contributed by atoms with E-state index in [9.17, 15) is 0 Å². The van der Waals surface area contributed by atoms with Crippen LogP contribution in [-0.4, -0.2) is 39.4 Å². The van der Waals surface area contributed by atoms with E-state index in [1.807, 2.05) is 6.07 Å². The predicted molar refractivity (Wildman–Crippen MR) is 98.8 cm³/mol. The molecule has 2 N–H and O–H groups in total. The van der Waals surface area contributed by atoms with Crippen LogP contribution in [-0.2, 0) is 4.74 Å². The summed E-state index contributed by atoms with van der Waals surface area (Å²) in [5.41, 5.74) is 2.35. The highest BCUT2D eigenvalue weighted by molar-refractivity contribution is 5.80. The maximum atomic E-state index is 5.65. The van der Waals surface area contributed by atoms with E-state index in [2.05, 4.69) is 48.5 Å². The van der Waals surface area contributed by atoms with Crippen molar-refractivity contribution in [3.63, 3.8) is 0 Å². The van der Waals surface area contributed by atoms with Crippen molar-refractivity contribution in [2.45, 2.75) is 39.7 Å². The third kappa shape index (κ3) is 6.04. The Bertz CT molecular complexity index is 541. The van der Waals surface area contributed by atoms with Crippen LogP contribution in [0, 0.1) is 12.8 Å². The number of aryl methyl sites for hydroxylation is 1. The molecule has 0 heterocycles. The van der Waals surface area contributed by atoms with Crippen LogP contribution in [0.1, 0.15) is 43.9 Å². The fourth-order valence-electron chi connectivity index (χ4n) is 2.55. The molecular formula is C19H31N3O2. The Kier molecular flexibility index (Phi) is 7.37. The van der Waals surface area contributed by atoms with E-state index in [0.29, 0.717) is 13.2 Å². The van der Waals surface area contributed by atoms with Crippen molar-refractivity contribution in [1.29, 1.82) is 0 Å². The van der Waals surface area contributed by atoms with Crippen LogP contribution in [0.4, 0.5) is 0 Å². The monoisotopic (exact) mass is 333 g/mol. The molecule has 1 fully saturated rings. The van der Waals surface area contributed by atoms with Gasteiger partial charge in [-0.2, -0.15) is 0 Å². The number of benzene rings is 1. The first-order chi connectivity index (χ1) is 11.6. The van der Waals surface area contributed by atoms with Gasteiger partial charge >= 0.3 is 0 Å². The van der Waals surface area contributed by atoms with Crippen LogP contribution < -0.4 is 15.4 Å². The largest absolute Gasteiger partial charge is 0.496 e. The van der Waals surface area contributed by atoms with Gasteiger partial charge in [0.25, 0.3) is 0 Å². The summed E-state index contributed by atoms with van der Waals surface area (Å²) in [6.07, 6.45) is 2.65. The average Bonchev–Trinajstić information content (AvgIpc) is 3.38. The summed E-state index contributed by atoms with van der Waals surface area (Å²) in [6.45, 7) is 9.33. The van der Waals surface area contributed by atoms with E-state index in [4.69, 9.17) is 9.47 Å². The van der Waals surface area contributed by atoms with Crippen LogP contribution >= 0.6 is 0 Å². The van der Waals surface area contributed by atoms with E-state index >= 15 is 0 Å². The first kappa shape index (κ1) is 18.6. The lowest BCUT2D eigenvalue weighted by molar-refractivity contribution is 0.131. The van der Waals surface area contributed by atoms with Crippen LogP contribution in [0.25, 0.3) is 0 Å². The van der Waals surface area contributed by atoms with Gasteiger partial charge in [0.05, 0.1) is 26.3 Å². The van der Waals surface area contributed by atoms with Gasteiger partial charge in [-0.3, -0.25) is 4.99 Å². The molecule has 1 aromatic carbocycles. The van der Waals surface area contributed by atoms with Crippen LogP contribution in [0.5, 0.6) is 5.75 Å². The summed E-state index contributed by atoms with van der Waals surface area (Å²) in [4.78, 5) is 4.60. The minimum Gasteiger partial charge on any atom is -0.496 e. The highest BCUT2D eigenvalue weighted by Gasteiger charge is 2.20. The molecule has 0 saturated heterocycles. The van der Waals surface area contributed by atoms with Gasteiger partial charge < -0.3 is 20.1 Å². The topological polar surface area (TPSA) is 54.9 Å². The Morgan fingerprint density at radius 2 is 2.17 bits per heavy atom. The van der Waals surface area contributed by atoms with E-state index in [1.165, 1.54) is 18.4 Å². The summed E-state index contributed by atoms with van der Waals surface area (Å²) in [5.74, 6) is 2.50. The Morgan fingerprint density at radius 3 is 2.83 bits per heavy atom. The Morgan fingerprint density at radius 1 is 1.38 bits per heavy atom. The van der Waals surface area contributed by atoms with Crippen molar-refractivity contribution in [2.24, 2.45) is 10.9 Å². The highest BCUT2D eigenvalue weighted by Crippen LogP contribution is 2.28. The van der Waals surface area contributed by atoms with Crippen molar-refractivity contribution >= 4 is 5.96 Å². The summed E-state index contributed by atoms with van der Waals surface area (Å²) in [5, 5.41) is 6.74. The summed E-state index contributed by atoms with van der Waals surface area (Å²) in [6, 6.07) is 6.33. The van der Waals surface area contributed by atoms with E-state index < -0.39 is 0 Å². The normalized spacial score (nSPS) is 15.9. The molecule has 1 aliphatic carbocycles. The number of rotatable bonds is 9. The number of aliphatic imine (C=N–C) groups is 1. The second-order valence-corrected chi connectivity index (χ2v) is 6.39. The molecule has 1 aromatic rings. The number of hydrogen-bond acceptors (Lipinski definition) is 3. The molecule has 0 radical (unpaired) electrons. The number of nitrogens with one attached hydrogen (secondary N) is 2. The van der Waals surface area contributed by atoms with Crippen molar-refractivity contribution < 1.29 is 9.47 Å². The fourth-order valence-corrected chi connectivity index (χ4v) is 2.55. The molecule has 0 spiro atoms. The van der Waals surface area contributed by atoms with Crippen molar-refractivity contribution in [1.82, 2.24) is 10.6 Å². The second kappa shape index (κ2) is 9.52. The molecule has 24 heavy (non-hydrogen) atoms. The molecule has 5 nitrogen and oxygen atoms in total. The lowest BCUT2D eigenvalue weighted by Crippen LogP contribution is -2.39. The van der Waals surface area contributed by atoms with Gasteiger partial charge in [0, 0.05) is 18.7 Å². The smallest absolute Gasteiger partial charge is 0.191 e. The summed E-state index contributed by atoms with van der Waals surface area (Å²) in [7, 11) is 1.71. The first-order valence-corrected chi connectivity index (χ1v) is 8.91. The highest BCUT2D eigenvalue weighted by atomic mass is 16.5. The zero-order chi connectivity index (χ0) is 17.4. The fraction of sp³-hybridized carbons (Fsp3) is 0.632. The van der Waals surface area contributed by atoms with Gasteiger partial charge in [-0.15, -0.1) is 0 Å². The van der Waals surface area contributed by atoms with Crippen molar-refractivity contribution in [3.05, 3.63) is 29.3 Å². The number of hydrogen-bond donors (Lipinski definition) is 2. The molecule has 0 amide bonds. The number of methoxy groups -OCH3 is 1. The number of nitrogens with zero attached hydrogens (tertiary/aromatic N) is 1. The van der Waals surface area contributed by atoms with Gasteiger partial charge in [-0.25, -0.2) is 0 Å². The number of ether oxygens (including phenoxy) is 2. The molecule has 1 saturated carbocycles. The lowest BCUT2D eigenvalue weighted by atomic mass is 10.0. The second-order valence-electron chi connectivity index (χ2n) is 6.39. The molecule has 1 atom stereocenters. The molecule has 134 valence electrons. The van der Waals surface area contributed by atoms with Crippen LogP contribution in [0.15, 0.2) is 23.2 Å². The van der Waals surface area contributed by atoms with E-state index in [0.717, 1.165) is 36.3 Å². The molecule has 0 aliphatic heterocycles. The summed E-state index contributed by atoms with van der Waals surface area (Å²) < 4.78 is 11.1. The zero-order valence-electron chi connectivity index (χ0n) is 15.4.